The molecule has 2 saturated carbocycles. The van der Waals surface area contributed by atoms with Crippen LogP contribution in [0.1, 0.15) is 32.1 Å². The monoisotopic (exact) mass is 499 g/mol. The number of fused-ring (bicyclic) bond motifs is 2. The van der Waals surface area contributed by atoms with Crippen molar-refractivity contribution in [1.29, 1.82) is 0 Å². The fourth-order valence-electron chi connectivity index (χ4n) is 4.86. The number of nitrogens with two attached hydrogens (primary N) is 1. The predicted octanol–water partition coefficient (Wildman–Crippen LogP) is 4.65. The highest BCUT2D eigenvalue weighted by molar-refractivity contribution is 6.36. The smallest absolute Gasteiger partial charge is 0.231 e. The van der Waals surface area contributed by atoms with Crippen LogP contribution in [-0.2, 0) is 4.79 Å². The number of halogens is 3. The molecule has 5 N–H and O–H groups in total. The summed E-state index contributed by atoms with van der Waals surface area (Å²) in [7, 11) is 0. The third-order valence-corrected chi connectivity index (χ3v) is 7.32. The van der Waals surface area contributed by atoms with Gasteiger partial charge in [0.15, 0.2) is 11.6 Å². The Labute approximate surface area is 204 Å². The molecule has 8 nitrogen and oxygen atoms in total. The van der Waals surface area contributed by atoms with E-state index in [2.05, 4.69) is 25.9 Å². The van der Waals surface area contributed by atoms with Crippen LogP contribution in [0, 0.1) is 11.7 Å². The highest BCUT2D eigenvalue weighted by atomic mass is 35.5. The molecule has 6 rings (SSSR count). The summed E-state index contributed by atoms with van der Waals surface area (Å²) in [5.41, 5.74) is 8.72. The van der Waals surface area contributed by atoms with E-state index >= 15 is 4.39 Å². The molecule has 2 aliphatic carbocycles. The molecule has 0 radical (unpaired) electrons. The van der Waals surface area contributed by atoms with E-state index < -0.39 is 17.9 Å². The van der Waals surface area contributed by atoms with Gasteiger partial charge in [0.2, 0.25) is 5.91 Å². The molecule has 35 heavy (non-hydrogen) atoms. The normalized spacial score (nSPS) is 24.1. The molecule has 11 heteroatoms. The van der Waals surface area contributed by atoms with Gasteiger partial charge in [0.05, 0.1) is 33.9 Å². The second-order valence-electron chi connectivity index (χ2n) is 9.45. The Morgan fingerprint density at radius 2 is 2.03 bits per heavy atom. The molecule has 182 valence electrons. The zero-order chi connectivity index (χ0) is 24.3. The first kappa shape index (κ1) is 22.2. The quantitative estimate of drug-likeness (QED) is 0.319. The van der Waals surface area contributed by atoms with Crippen LogP contribution < -0.4 is 16.4 Å². The summed E-state index contributed by atoms with van der Waals surface area (Å²) in [6.45, 7) is 0. The number of H-pyrrole nitrogens is 1. The second-order valence-corrected chi connectivity index (χ2v) is 9.83. The number of rotatable bonds is 5. The number of hydrogen-bond acceptors (Lipinski definition) is 5. The minimum atomic E-state index is -1.08. The van der Waals surface area contributed by atoms with Crippen molar-refractivity contribution in [3.63, 3.8) is 0 Å². The minimum Gasteiger partial charge on any atom is -0.378 e. The number of aromatic nitrogens is 4. The van der Waals surface area contributed by atoms with Crippen LogP contribution >= 0.6 is 11.6 Å². The highest BCUT2D eigenvalue weighted by Crippen LogP contribution is 2.42. The van der Waals surface area contributed by atoms with Crippen molar-refractivity contribution in [3.8, 4) is 11.1 Å². The molecule has 0 bridgehead atoms. The average molecular weight is 500 g/mol. The topological polar surface area (TPSA) is 113 Å². The average Bonchev–Trinajstić information content (AvgIpc) is 3.20. The summed E-state index contributed by atoms with van der Waals surface area (Å²) >= 11 is 6.60. The zero-order valence-corrected chi connectivity index (χ0v) is 19.4. The van der Waals surface area contributed by atoms with Crippen LogP contribution in [-0.4, -0.2) is 44.0 Å². The third kappa shape index (κ3) is 4.00. The Morgan fingerprint density at radius 3 is 2.77 bits per heavy atom. The Hall–Kier alpha value is -3.24. The van der Waals surface area contributed by atoms with Gasteiger partial charge < -0.3 is 16.4 Å². The SMILES string of the molecule is NC1CCC(Nc2c(F)c(Cl)c(-c3ccn4nc(NC(=O)[C@@H]5C[C@@H]5F)cc4c3)c3cn[nH]c23)CC1. The Bertz CT molecular complexity index is 1440. The molecule has 2 aliphatic rings. The van der Waals surface area contributed by atoms with Crippen LogP contribution in [0.5, 0.6) is 0 Å². The van der Waals surface area contributed by atoms with Gasteiger partial charge in [-0.3, -0.25) is 9.89 Å². The first-order valence-electron chi connectivity index (χ1n) is 11.7. The summed E-state index contributed by atoms with van der Waals surface area (Å²) in [5.74, 6) is -1.21. The van der Waals surface area contributed by atoms with Crippen molar-refractivity contribution >= 4 is 45.4 Å². The molecule has 0 saturated heterocycles. The number of amides is 1. The van der Waals surface area contributed by atoms with Gasteiger partial charge in [-0.05, 0) is 49.8 Å². The molecule has 2 atom stereocenters. The number of aromatic amines is 1. The number of carbonyl (C=O) groups excluding carboxylic acids is 1. The molecule has 0 unspecified atom stereocenters. The lowest BCUT2D eigenvalue weighted by Gasteiger charge is -2.28. The molecule has 1 aromatic carbocycles. The standard InChI is InChI=1S/C24H24ClF2N7O/c25-20-19(11-5-6-34-14(7-11)8-18(33-34)31-24(35)15-9-17(15)26)16-10-29-32-22(16)23(21(20)27)30-13-3-1-12(28)2-4-13/h5-8,10,12-13,15,17,30H,1-4,9,28H2,(H,29,32)(H,31,33,35)/t12?,13?,15-,17+/m1/s1. The fraction of sp³-hybridized carbons (Fsp3) is 0.375. The van der Waals surface area contributed by atoms with E-state index in [1.165, 1.54) is 0 Å². The van der Waals surface area contributed by atoms with Gasteiger partial charge in [-0.25, -0.2) is 13.3 Å². The van der Waals surface area contributed by atoms with Gasteiger partial charge >= 0.3 is 0 Å². The second kappa shape index (κ2) is 8.46. The Morgan fingerprint density at radius 1 is 1.26 bits per heavy atom. The number of nitrogens with zero attached hydrogens (tertiary/aromatic N) is 3. The Balaban J connectivity index is 1.35. The Kier molecular flexibility index (Phi) is 5.37. The van der Waals surface area contributed by atoms with Crippen LogP contribution in [0.3, 0.4) is 0 Å². The lowest BCUT2D eigenvalue weighted by atomic mass is 9.91. The lowest BCUT2D eigenvalue weighted by Crippen LogP contribution is -2.33. The first-order valence-corrected chi connectivity index (χ1v) is 12.1. The van der Waals surface area contributed by atoms with E-state index in [0.29, 0.717) is 39.1 Å². The summed E-state index contributed by atoms with van der Waals surface area (Å²) in [4.78, 5) is 12.1. The van der Waals surface area contributed by atoms with Crippen molar-refractivity contribution in [3.05, 3.63) is 41.4 Å². The maximum atomic E-state index is 15.6. The number of benzene rings is 1. The van der Waals surface area contributed by atoms with Gasteiger partial charge in [-0.2, -0.15) is 10.2 Å². The maximum absolute atomic E-state index is 15.6. The van der Waals surface area contributed by atoms with Gasteiger partial charge in [0, 0.05) is 35.3 Å². The molecule has 3 heterocycles. The number of pyridine rings is 1. The van der Waals surface area contributed by atoms with E-state index in [-0.39, 0.29) is 29.4 Å². The third-order valence-electron chi connectivity index (χ3n) is 6.96. The summed E-state index contributed by atoms with van der Waals surface area (Å²) in [6.07, 6.45) is 5.99. The molecular formula is C24H24ClF2N7O. The van der Waals surface area contributed by atoms with Crippen LogP contribution in [0.2, 0.25) is 5.02 Å². The van der Waals surface area contributed by atoms with Crippen molar-refractivity contribution in [2.45, 2.75) is 50.4 Å². The van der Waals surface area contributed by atoms with Gasteiger partial charge in [0.1, 0.15) is 6.17 Å². The van der Waals surface area contributed by atoms with E-state index in [1.807, 2.05) is 0 Å². The van der Waals surface area contributed by atoms with Gasteiger partial charge in [-0.1, -0.05) is 11.6 Å². The fourth-order valence-corrected chi connectivity index (χ4v) is 5.17. The van der Waals surface area contributed by atoms with E-state index in [4.69, 9.17) is 17.3 Å². The summed E-state index contributed by atoms with van der Waals surface area (Å²) in [5, 5.41) is 18.0. The number of alkyl halides is 1. The minimum absolute atomic E-state index is 0.00553. The lowest BCUT2D eigenvalue weighted by molar-refractivity contribution is -0.117. The highest BCUT2D eigenvalue weighted by Gasteiger charge is 2.43. The molecule has 4 aromatic rings. The summed E-state index contributed by atoms with van der Waals surface area (Å²) in [6, 6.07) is 5.56. The van der Waals surface area contributed by atoms with Crippen molar-refractivity contribution < 1.29 is 13.6 Å². The number of nitrogens with one attached hydrogen (secondary N) is 3. The molecule has 1 amide bonds. The zero-order valence-electron chi connectivity index (χ0n) is 18.7. The van der Waals surface area contributed by atoms with Gasteiger partial charge in [-0.15, -0.1) is 0 Å². The van der Waals surface area contributed by atoms with Crippen LogP contribution in [0.4, 0.5) is 20.3 Å². The van der Waals surface area contributed by atoms with Crippen molar-refractivity contribution in [1.82, 2.24) is 19.8 Å². The predicted molar refractivity (Wildman–Crippen MR) is 131 cm³/mol. The molecule has 0 aliphatic heterocycles. The van der Waals surface area contributed by atoms with Crippen molar-refractivity contribution in [2.75, 3.05) is 10.6 Å². The van der Waals surface area contributed by atoms with Gasteiger partial charge in [0.25, 0.3) is 0 Å². The van der Waals surface area contributed by atoms with Crippen LogP contribution in [0.25, 0.3) is 27.5 Å². The molecule has 2 fully saturated rings. The largest absolute Gasteiger partial charge is 0.378 e. The number of carbonyl (C=O) groups is 1. The van der Waals surface area contributed by atoms with Crippen LogP contribution in [0.15, 0.2) is 30.6 Å². The molecule has 3 aromatic heterocycles. The number of anilines is 2. The molecule has 0 spiro atoms. The van der Waals surface area contributed by atoms with E-state index in [1.54, 1.807) is 35.1 Å². The maximum Gasteiger partial charge on any atom is 0.231 e. The molecular weight excluding hydrogens is 476 g/mol. The van der Waals surface area contributed by atoms with E-state index in [0.717, 1.165) is 25.7 Å². The summed E-state index contributed by atoms with van der Waals surface area (Å²) < 4.78 is 30.4. The number of hydrogen-bond donors (Lipinski definition) is 4. The first-order chi connectivity index (χ1) is 16.9. The van der Waals surface area contributed by atoms with E-state index in [9.17, 15) is 9.18 Å². The van der Waals surface area contributed by atoms with Crippen molar-refractivity contribution in [2.24, 2.45) is 11.7 Å².